The van der Waals surface area contributed by atoms with E-state index < -0.39 is 5.91 Å². The third kappa shape index (κ3) is 3.14. The van der Waals surface area contributed by atoms with Crippen molar-refractivity contribution in [3.05, 3.63) is 28.8 Å². The summed E-state index contributed by atoms with van der Waals surface area (Å²) in [5.41, 5.74) is 5.55. The van der Waals surface area contributed by atoms with Crippen LogP contribution in [0.3, 0.4) is 0 Å². The zero-order valence-corrected chi connectivity index (χ0v) is 9.49. The van der Waals surface area contributed by atoms with Crippen molar-refractivity contribution >= 4 is 17.5 Å². The van der Waals surface area contributed by atoms with E-state index in [2.05, 4.69) is 0 Å². The van der Waals surface area contributed by atoms with Crippen molar-refractivity contribution in [2.45, 2.75) is 6.92 Å². The molecule has 0 saturated heterocycles. The van der Waals surface area contributed by atoms with Crippen LogP contribution in [-0.4, -0.2) is 12.5 Å². The van der Waals surface area contributed by atoms with E-state index >= 15 is 0 Å². The zero-order chi connectivity index (χ0) is 12.1. The van der Waals surface area contributed by atoms with Gasteiger partial charge in [-0.05, 0) is 18.2 Å². The largest absolute Gasteiger partial charge is 0.491 e. The number of hydrogen-bond donors (Lipinski definition) is 1. The average Bonchev–Trinajstić information content (AvgIpc) is 2.26. The lowest BCUT2D eigenvalue weighted by Crippen LogP contribution is -2.25. The Morgan fingerprint density at radius 2 is 2.38 bits per heavy atom. The second-order valence-electron chi connectivity index (χ2n) is 3.37. The van der Waals surface area contributed by atoms with Crippen molar-refractivity contribution in [2.75, 3.05) is 6.61 Å². The van der Waals surface area contributed by atoms with Gasteiger partial charge in [0, 0.05) is 0 Å². The summed E-state index contributed by atoms with van der Waals surface area (Å²) in [6, 6.07) is 6.66. The Balaban J connectivity index is 2.69. The third-order valence-corrected chi connectivity index (χ3v) is 2.33. The molecule has 0 aliphatic rings. The Bertz CT molecular complexity index is 440. The van der Waals surface area contributed by atoms with Crippen LogP contribution < -0.4 is 10.5 Å². The molecule has 0 aliphatic heterocycles. The summed E-state index contributed by atoms with van der Waals surface area (Å²) in [6.45, 7) is 1.83. The topological polar surface area (TPSA) is 76.1 Å². The Morgan fingerprint density at radius 3 is 2.88 bits per heavy atom. The minimum absolute atomic E-state index is 0.168. The lowest BCUT2D eigenvalue weighted by Gasteiger charge is -2.11. The van der Waals surface area contributed by atoms with E-state index in [9.17, 15) is 4.79 Å². The van der Waals surface area contributed by atoms with Gasteiger partial charge in [0.2, 0.25) is 5.91 Å². The number of primary amides is 1. The van der Waals surface area contributed by atoms with Crippen molar-refractivity contribution in [2.24, 2.45) is 11.7 Å². The fraction of sp³-hybridized carbons (Fsp3) is 0.273. The Morgan fingerprint density at radius 1 is 1.69 bits per heavy atom. The van der Waals surface area contributed by atoms with Gasteiger partial charge < -0.3 is 10.5 Å². The molecule has 0 fully saturated rings. The van der Waals surface area contributed by atoms with Crippen LogP contribution in [0, 0.1) is 17.2 Å². The van der Waals surface area contributed by atoms with Gasteiger partial charge in [-0.3, -0.25) is 4.79 Å². The summed E-state index contributed by atoms with van der Waals surface area (Å²) in [4.78, 5) is 10.8. The van der Waals surface area contributed by atoms with Crippen LogP contribution in [0.2, 0.25) is 5.02 Å². The van der Waals surface area contributed by atoms with Gasteiger partial charge in [-0.25, -0.2) is 0 Å². The number of nitriles is 1. The number of rotatable bonds is 4. The maximum Gasteiger partial charge on any atom is 0.223 e. The predicted molar refractivity (Wildman–Crippen MR) is 60.0 cm³/mol. The van der Waals surface area contributed by atoms with Crippen LogP contribution in [0.5, 0.6) is 5.75 Å². The Hall–Kier alpha value is -1.73. The highest BCUT2D eigenvalue weighted by atomic mass is 35.5. The number of amides is 1. The molecule has 0 spiro atoms. The van der Waals surface area contributed by atoms with E-state index in [1.165, 1.54) is 6.07 Å². The van der Waals surface area contributed by atoms with Crippen LogP contribution in [0.1, 0.15) is 12.5 Å². The molecule has 5 heteroatoms. The number of ether oxygens (including phenoxy) is 1. The molecule has 16 heavy (non-hydrogen) atoms. The van der Waals surface area contributed by atoms with Crippen molar-refractivity contribution in [1.82, 2.24) is 0 Å². The van der Waals surface area contributed by atoms with Gasteiger partial charge in [-0.15, -0.1) is 0 Å². The summed E-state index contributed by atoms with van der Waals surface area (Å²) in [7, 11) is 0. The molecule has 2 N–H and O–H groups in total. The number of benzene rings is 1. The standard InChI is InChI=1S/C11H11ClN2O2/c1-7(11(14)15)6-16-10-3-2-8(5-13)4-9(10)12/h2-4,7H,6H2,1H3,(H2,14,15). The Labute approximate surface area is 98.6 Å². The van der Waals surface area contributed by atoms with Crippen molar-refractivity contribution in [1.29, 1.82) is 5.26 Å². The van der Waals surface area contributed by atoms with Crippen LogP contribution in [0.25, 0.3) is 0 Å². The molecule has 1 rings (SSSR count). The molecule has 0 aliphatic carbocycles. The van der Waals surface area contributed by atoms with E-state index in [1.54, 1.807) is 19.1 Å². The number of carbonyl (C=O) groups is 1. The van der Waals surface area contributed by atoms with E-state index in [-0.39, 0.29) is 12.5 Å². The second kappa shape index (κ2) is 5.38. The van der Waals surface area contributed by atoms with Gasteiger partial charge in [0.05, 0.1) is 29.2 Å². The molecule has 1 atom stereocenters. The average molecular weight is 239 g/mol. The van der Waals surface area contributed by atoms with E-state index in [1.807, 2.05) is 6.07 Å². The quantitative estimate of drug-likeness (QED) is 0.868. The summed E-state index contributed by atoms with van der Waals surface area (Å²) in [5, 5.41) is 8.98. The molecule has 84 valence electrons. The molecule has 1 amide bonds. The van der Waals surface area contributed by atoms with E-state index in [0.717, 1.165) is 0 Å². The maximum atomic E-state index is 10.8. The number of carbonyl (C=O) groups excluding carboxylic acids is 1. The predicted octanol–water partition coefficient (Wildman–Crippen LogP) is 1.71. The van der Waals surface area contributed by atoms with Gasteiger partial charge >= 0.3 is 0 Å². The first-order valence-corrected chi connectivity index (χ1v) is 5.04. The van der Waals surface area contributed by atoms with Gasteiger partial charge in [0.15, 0.2) is 0 Å². The minimum atomic E-state index is -0.426. The summed E-state index contributed by atoms with van der Waals surface area (Å²) < 4.78 is 5.32. The van der Waals surface area contributed by atoms with Gasteiger partial charge in [0.25, 0.3) is 0 Å². The fourth-order valence-electron chi connectivity index (χ4n) is 0.984. The van der Waals surface area contributed by atoms with Crippen LogP contribution in [-0.2, 0) is 4.79 Å². The lowest BCUT2D eigenvalue weighted by molar-refractivity contribution is -0.122. The molecular formula is C11H11ClN2O2. The Kier molecular flexibility index (Phi) is 4.15. The molecule has 0 bridgehead atoms. The molecule has 1 aromatic carbocycles. The molecule has 0 radical (unpaired) electrons. The van der Waals surface area contributed by atoms with Gasteiger partial charge in [-0.1, -0.05) is 18.5 Å². The maximum absolute atomic E-state index is 10.8. The fourth-order valence-corrected chi connectivity index (χ4v) is 1.22. The van der Waals surface area contributed by atoms with Crippen molar-refractivity contribution in [3.63, 3.8) is 0 Å². The van der Waals surface area contributed by atoms with Gasteiger partial charge in [-0.2, -0.15) is 5.26 Å². The lowest BCUT2D eigenvalue weighted by atomic mass is 10.2. The van der Waals surface area contributed by atoms with Crippen LogP contribution in [0.15, 0.2) is 18.2 Å². The highest BCUT2D eigenvalue weighted by Crippen LogP contribution is 2.25. The minimum Gasteiger partial charge on any atom is -0.491 e. The molecule has 4 nitrogen and oxygen atoms in total. The van der Waals surface area contributed by atoms with Crippen molar-refractivity contribution in [3.8, 4) is 11.8 Å². The summed E-state index contributed by atoms with van der Waals surface area (Å²) in [5.74, 6) is -0.370. The highest BCUT2D eigenvalue weighted by Gasteiger charge is 2.10. The molecule has 1 unspecified atom stereocenters. The number of nitrogens with two attached hydrogens (primary N) is 1. The molecule has 0 aromatic heterocycles. The van der Waals surface area contributed by atoms with Crippen LogP contribution >= 0.6 is 11.6 Å². The first kappa shape index (κ1) is 12.3. The molecule has 0 saturated carbocycles. The first-order valence-electron chi connectivity index (χ1n) is 4.66. The van der Waals surface area contributed by atoms with Crippen LogP contribution in [0.4, 0.5) is 0 Å². The monoisotopic (exact) mass is 238 g/mol. The summed E-state index contributed by atoms with van der Waals surface area (Å²) in [6.07, 6.45) is 0. The smallest absolute Gasteiger partial charge is 0.223 e. The third-order valence-electron chi connectivity index (χ3n) is 2.04. The van der Waals surface area contributed by atoms with E-state index in [0.29, 0.717) is 16.3 Å². The number of nitrogens with zero attached hydrogens (tertiary/aromatic N) is 1. The van der Waals surface area contributed by atoms with E-state index in [4.69, 9.17) is 27.3 Å². The zero-order valence-electron chi connectivity index (χ0n) is 8.74. The second-order valence-corrected chi connectivity index (χ2v) is 3.78. The molecule has 0 heterocycles. The summed E-state index contributed by atoms with van der Waals surface area (Å²) >= 11 is 5.88. The number of hydrogen-bond acceptors (Lipinski definition) is 3. The normalized spacial score (nSPS) is 11.6. The highest BCUT2D eigenvalue weighted by molar-refractivity contribution is 6.32. The SMILES string of the molecule is CC(COc1ccc(C#N)cc1Cl)C(N)=O. The molecule has 1 aromatic rings. The first-order chi connectivity index (χ1) is 7.54. The van der Waals surface area contributed by atoms with Gasteiger partial charge in [0.1, 0.15) is 5.75 Å². The molecular weight excluding hydrogens is 228 g/mol. The number of halogens is 1. The van der Waals surface area contributed by atoms with Crippen molar-refractivity contribution < 1.29 is 9.53 Å².